The summed E-state index contributed by atoms with van der Waals surface area (Å²) >= 11 is 0. The first-order valence-corrected chi connectivity index (χ1v) is 6.36. The maximum Gasteiger partial charge on any atom is 0.511 e. The van der Waals surface area contributed by atoms with E-state index in [9.17, 15) is 9.59 Å². The third kappa shape index (κ3) is 6.08. The second-order valence-electron chi connectivity index (χ2n) is 3.72. The van der Waals surface area contributed by atoms with Crippen LogP contribution in [0.1, 0.15) is 19.4 Å². The van der Waals surface area contributed by atoms with Crippen molar-refractivity contribution in [1.29, 1.82) is 0 Å². The number of hydrogen-bond donors (Lipinski definition) is 0. The van der Waals surface area contributed by atoms with Gasteiger partial charge in [0.2, 0.25) is 0 Å². The molecule has 6 nitrogen and oxygen atoms in total. The lowest BCUT2D eigenvalue weighted by atomic mass is 10.1. The van der Waals surface area contributed by atoms with Gasteiger partial charge in [-0.25, -0.2) is 9.59 Å². The van der Waals surface area contributed by atoms with Gasteiger partial charge in [0.1, 0.15) is 0 Å². The van der Waals surface area contributed by atoms with E-state index in [0.717, 1.165) is 5.56 Å². The Kier molecular flexibility index (Phi) is 6.95. The zero-order chi connectivity index (χ0) is 14.8. The Morgan fingerprint density at radius 1 is 0.950 bits per heavy atom. The van der Waals surface area contributed by atoms with Crippen LogP contribution in [0.4, 0.5) is 9.59 Å². The molecular formula is C14H18O6. The molecule has 0 aliphatic rings. The van der Waals surface area contributed by atoms with E-state index in [1.807, 2.05) is 30.3 Å². The summed E-state index contributed by atoms with van der Waals surface area (Å²) in [6.45, 7) is 3.66. The fourth-order valence-corrected chi connectivity index (χ4v) is 1.43. The monoisotopic (exact) mass is 282 g/mol. The van der Waals surface area contributed by atoms with Crippen molar-refractivity contribution >= 4 is 12.3 Å². The molecule has 1 aromatic rings. The second kappa shape index (κ2) is 8.79. The Balaban J connectivity index is 2.63. The fourth-order valence-electron chi connectivity index (χ4n) is 1.43. The minimum absolute atomic E-state index is 0.177. The highest BCUT2D eigenvalue weighted by molar-refractivity contribution is 5.62. The van der Waals surface area contributed by atoms with Crippen molar-refractivity contribution in [2.24, 2.45) is 0 Å². The number of benzene rings is 1. The summed E-state index contributed by atoms with van der Waals surface area (Å²) in [6, 6.07) is 9.19. The van der Waals surface area contributed by atoms with Crippen LogP contribution in [0, 0.1) is 0 Å². The summed E-state index contributed by atoms with van der Waals surface area (Å²) in [5.74, 6) is 0. The molecule has 0 saturated carbocycles. The van der Waals surface area contributed by atoms with Gasteiger partial charge in [-0.15, -0.1) is 0 Å². The van der Waals surface area contributed by atoms with Crippen molar-refractivity contribution in [2.75, 3.05) is 13.2 Å². The lowest BCUT2D eigenvalue weighted by molar-refractivity contribution is -0.102. The summed E-state index contributed by atoms with van der Waals surface area (Å²) in [7, 11) is 0. The molecule has 0 atom stereocenters. The standard InChI is InChI=1S/C14H18O6/c1-3-17-13(15)19-12(20-14(16)18-4-2)10-11-8-6-5-7-9-11/h5-9,12H,3-4,10H2,1-2H3. The zero-order valence-electron chi connectivity index (χ0n) is 11.5. The molecule has 0 aliphatic carbocycles. The van der Waals surface area contributed by atoms with E-state index in [4.69, 9.17) is 9.47 Å². The van der Waals surface area contributed by atoms with E-state index in [1.165, 1.54) is 0 Å². The summed E-state index contributed by atoms with van der Waals surface area (Å²) in [5.41, 5.74) is 0.853. The SMILES string of the molecule is CCOC(=O)OC(Cc1ccccc1)OC(=O)OCC. The molecule has 110 valence electrons. The Labute approximate surface area is 117 Å². The second-order valence-corrected chi connectivity index (χ2v) is 3.72. The van der Waals surface area contributed by atoms with Gasteiger partial charge in [0.15, 0.2) is 0 Å². The van der Waals surface area contributed by atoms with E-state index >= 15 is 0 Å². The molecule has 0 bridgehead atoms. The molecule has 0 unspecified atom stereocenters. The predicted molar refractivity (Wildman–Crippen MR) is 70.1 cm³/mol. The normalized spacial score (nSPS) is 9.95. The van der Waals surface area contributed by atoms with Gasteiger partial charge < -0.3 is 18.9 Å². The van der Waals surface area contributed by atoms with E-state index < -0.39 is 18.6 Å². The molecule has 0 heterocycles. The van der Waals surface area contributed by atoms with E-state index in [0.29, 0.717) is 0 Å². The van der Waals surface area contributed by atoms with E-state index in [1.54, 1.807) is 13.8 Å². The highest BCUT2D eigenvalue weighted by Gasteiger charge is 2.21. The first-order valence-electron chi connectivity index (χ1n) is 6.36. The van der Waals surface area contributed by atoms with Crippen LogP contribution in [0.5, 0.6) is 0 Å². The molecule has 0 N–H and O–H groups in total. The van der Waals surface area contributed by atoms with Crippen LogP contribution >= 0.6 is 0 Å². The van der Waals surface area contributed by atoms with Crippen LogP contribution in [-0.2, 0) is 25.4 Å². The largest absolute Gasteiger partial charge is 0.511 e. The molecule has 0 fully saturated rings. The van der Waals surface area contributed by atoms with Gasteiger partial charge in [0.25, 0.3) is 6.29 Å². The maximum atomic E-state index is 11.3. The number of hydrogen-bond acceptors (Lipinski definition) is 6. The average molecular weight is 282 g/mol. The van der Waals surface area contributed by atoms with Crippen LogP contribution in [0.2, 0.25) is 0 Å². The average Bonchev–Trinajstić information content (AvgIpc) is 2.40. The van der Waals surface area contributed by atoms with E-state index in [2.05, 4.69) is 9.47 Å². The van der Waals surface area contributed by atoms with Crippen molar-refractivity contribution in [1.82, 2.24) is 0 Å². The molecule has 0 aromatic heterocycles. The minimum Gasteiger partial charge on any atom is -0.435 e. The minimum atomic E-state index is -1.09. The van der Waals surface area contributed by atoms with Gasteiger partial charge in [-0.05, 0) is 19.4 Å². The first kappa shape index (κ1) is 15.8. The van der Waals surface area contributed by atoms with Gasteiger partial charge in [-0.3, -0.25) is 0 Å². The van der Waals surface area contributed by atoms with Crippen molar-refractivity contribution in [3.8, 4) is 0 Å². The highest BCUT2D eigenvalue weighted by Crippen LogP contribution is 2.09. The molecule has 0 saturated heterocycles. The predicted octanol–water partition coefficient (Wildman–Crippen LogP) is 2.90. The summed E-state index contributed by atoms with van der Waals surface area (Å²) in [6.07, 6.45) is -2.65. The Morgan fingerprint density at radius 2 is 1.45 bits per heavy atom. The van der Waals surface area contributed by atoms with Gasteiger partial charge in [0.05, 0.1) is 13.2 Å². The summed E-state index contributed by atoms with van der Waals surface area (Å²) < 4.78 is 19.2. The lowest BCUT2D eigenvalue weighted by Crippen LogP contribution is -2.27. The number of carbonyl (C=O) groups excluding carboxylic acids is 2. The van der Waals surface area contributed by atoms with Gasteiger partial charge in [-0.2, -0.15) is 0 Å². The lowest BCUT2D eigenvalue weighted by Gasteiger charge is -2.17. The van der Waals surface area contributed by atoms with Crippen molar-refractivity contribution in [3.63, 3.8) is 0 Å². The smallest absolute Gasteiger partial charge is 0.435 e. The third-order valence-electron chi connectivity index (χ3n) is 2.22. The molecular weight excluding hydrogens is 264 g/mol. The number of rotatable bonds is 6. The molecule has 1 rings (SSSR count). The topological polar surface area (TPSA) is 71.1 Å². The molecule has 0 radical (unpaired) electrons. The Hall–Kier alpha value is -2.24. The van der Waals surface area contributed by atoms with Gasteiger partial charge in [-0.1, -0.05) is 30.3 Å². The van der Waals surface area contributed by atoms with Crippen molar-refractivity contribution in [2.45, 2.75) is 26.6 Å². The molecule has 6 heteroatoms. The Bertz CT molecular complexity index is 397. The van der Waals surface area contributed by atoms with Crippen LogP contribution in [-0.4, -0.2) is 31.8 Å². The molecule has 0 amide bonds. The maximum absolute atomic E-state index is 11.3. The van der Waals surface area contributed by atoms with E-state index in [-0.39, 0.29) is 19.6 Å². The van der Waals surface area contributed by atoms with Crippen LogP contribution in [0.25, 0.3) is 0 Å². The number of carbonyl (C=O) groups is 2. The fraction of sp³-hybridized carbons (Fsp3) is 0.429. The van der Waals surface area contributed by atoms with Gasteiger partial charge >= 0.3 is 12.3 Å². The third-order valence-corrected chi connectivity index (χ3v) is 2.22. The first-order chi connectivity index (χ1) is 9.65. The molecule has 20 heavy (non-hydrogen) atoms. The highest BCUT2D eigenvalue weighted by atomic mass is 16.8. The zero-order valence-corrected chi connectivity index (χ0v) is 11.5. The quantitative estimate of drug-likeness (QED) is 0.590. The number of ether oxygens (including phenoxy) is 4. The van der Waals surface area contributed by atoms with Crippen LogP contribution < -0.4 is 0 Å². The Morgan fingerprint density at radius 3 is 1.90 bits per heavy atom. The molecule has 0 aliphatic heterocycles. The van der Waals surface area contributed by atoms with Gasteiger partial charge in [0, 0.05) is 6.42 Å². The molecule has 0 spiro atoms. The summed E-state index contributed by atoms with van der Waals surface area (Å²) in [5, 5.41) is 0. The summed E-state index contributed by atoms with van der Waals surface area (Å²) in [4.78, 5) is 22.6. The molecule has 1 aromatic carbocycles. The van der Waals surface area contributed by atoms with Crippen molar-refractivity contribution in [3.05, 3.63) is 35.9 Å². The van der Waals surface area contributed by atoms with Crippen molar-refractivity contribution < 1.29 is 28.5 Å². The van der Waals surface area contributed by atoms with Crippen LogP contribution in [0.15, 0.2) is 30.3 Å². The van der Waals surface area contributed by atoms with Crippen LogP contribution in [0.3, 0.4) is 0 Å².